The summed E-state index contributed by atoms with van der Waals surface area (Å²) in [4.78, 5) is 28.4. The molecular weight excluding hydrogens is 318 g/mol. The summed E-state index contributed by atoms with van der Waals surface area (Å²) < 4.78 is 5.52. The predicted molar refractivity (Wildman–Crippen MR) is 95.4 cm³/mol. The van der Waals surface area contributed by atoms with E-state index in [4.69, 9.17) is 4.74 Å². The van der Waals surface area contributed by atoms with E-state index in [1.807, 2.05) is 36.1 Å². The molecule has 1 N–H and O–H groups in total. The highest BCUT2D eigenvalue weighted by Gasteiger charge is 2.25. The highest BCUT2D eigenvalue weighted by atomic mass is 16.5. The van der Waals surface area contributed by atoms with Crippen LogP contribution in [0.5, 0.6) is 0 Å². The molecule has 0 spiro atoms. The van der Waals surface area contributed by atoms with Crippen molar-refractivity contribution in [3.8, 4) is 0 Å². The highest BCUT2D eigenvalue weighted by Crippen LogP contribution is 2.12. The number of hydrogen-bond acceptors (Lipinski definition) is 3. The Morgan fingerprint density at radius 3 is 2.56 bits per heavy atom. The monoisotopic (exact) mass is 345 g/mol. The van der Waals surface area contributed by atoms with Crippen molar-refractivity contribution in [1.29, 1.82) is 0 Å². The molecule has 1 aromatic carbocycles. The second-order valence-corrected chi connectivity index (χ2v) is 6.79. The van der Waals surface area contributed by atoms with E-state index in [9.17, 15) is 9.59 Å². The quantitative estimate of drug-likeness (QED) is 0.901. The molecule has 2 heterocycles. The minimum atomic E-state index is -0.0542. The van der Waals surface area contributed by atoms with E-state index >= 15 is 0 Å². The second-order valence-electron chi connectivity index (χ2n) is 6.79. The number of amides is 3. The van der Waals surface area contributed by atoms with Crippen LogP contribution in [0.3, 0.4) is 0 Å². The lowest BCUT2D eigenvalue weighted by molar-refractivity contribution is -0.131. The maximum absolute atomic E-state index is 12.5. The predicted octanol–water partition coefficient (Wildman–Crippen LogP) is 1.57. The first kappa shape index (κ1) is 17.7. The molecule has 1 aromatic rings. The molecule has 136 valence electrons. The molecule has 6 heteroatoms. The van der Waals surface area contributed by atoms with Gasteiger partial charge in [0, 0.05) is 39.3 Å². The maximum atomic E-state index is 12.5. The van der Waals surface area contributed by atoms with Crippen LogP contribution in [0.2, 0.25) is 0 Å². The van der Waals surface area contributed by atoms with Gasteiger partial charge in [-0.2, -0.15) is 0 Å². The third-order valence-corrected chi connectivity index (χ3v) is 5.03. The van der Waals surface area contributed by atoms with Crippen molar-refractivity contribution in [2.24, 2.45) is 0 Å². The van der Waals surface area contributed by atoms with Gasteiger partial charge in [-0.25, -0.2) is 4.79 Å². The van der Waals surface area contributed by atoms with Crippen LogP contribution in [0, 0.1) is 6.92 Å². The van der Waals surface area contributed by atoms with Crippen LogP contribution in [-0.2, 0) is 16.0 Å². The first-order valence-corrected chi connectivity index (χ1v) is 9.10. The van der Waals surface area contributed by atoms with Gasteiger partial charge in [0.15, 0.2) is 0 Å². The van der Waals surface area contributed by atoms with Crippen molar-refractivity contribution in [1.82, 2.24) is 15.1 Å². The molecule has 2 aliphatic heterocycles. The van der Waals surface area contributed by atoms with E-state index in [0.717, 1.165) is 30.6 Å². The molecule has 0 saturated carbocycles. The molecule has 25 heavy (non-hydrogen) atoms. The minimum Gasteiger partial charge on any atom is -0.376 e. The van der Waals surface area contributed by atoms with Crippen LogP contribution in [0.15, 0.2) is 24.3 Å². The van der Waals surface area contributed by atoms with Crippen molar-refractivity contribution in [3.63, 3.8) is 0 Å². The molecule has 1 atom stereocenters. The second kappa shape index (κ2) is 8.34. The van der Waals surface area contributed by atoms with Gasteiger partial charge in [-0.1, -0.05) is 24.3 Å². The summed E-state index contributed by atoms with van der Waals surface area (Å²) in [6.45, 7) is 5.75. The molecule has 0 aromatic heterocycles. The van der Waals surface area contributed by atoms with E-state index in [0.29, 0.717) is 39.1 Å². The fourth-order valence-corrected chi connectivity index (χ4v) is 3.36. The van der Waals surface area contributed by atoms with Crippen molar-refractivity contribution in [2.75, 3.05) is 39.3 Å². The van der Waals surface area contributed by atoms with Crippen molar-refractivity contribution < 1.29 is 14.3 Å². The summed E-state index contributed by atoms with van der Waals surface area (Å²) in [6.07, 6.45) is 2.67. The molecule has 3 rings (SSSR count). The van der Waals surface area contributed by atoms with Gasteiger partial charge in [-0.3, -0.25) is 4.79 Å². The molecule has 0 unspecified atom stereocenters. The SMILES string of the molecule is Cc1ccccc1CC(=O)N1CCN(C(=O)NC[C@H]2CCCO2)CC1. The Bertz CT molecular complexity index is 606. The maximum Gasteiger partial charge on any atom is 0.317 e. The zero-order valence-electron chi connectivity index (χ0n) is 14.9. The Morgan fingerprint density at radius 2 is 1.88 bits per heavy atom. The number of carbonyl (C=O) groups excluding carboxylic acids is 2. The lowest BCUT2D eigenvalue weighted by Crippen LogP contribution is -2.54. The van der Waals surface area contributed by atoms with Crippen molar-refractivity contribution >= 4 is 11.9 Å². The van der Waals surface area contributed by atoms with Crippen LogP contribution >= 0.6 is 0 Å². The number of aryl methyl sites for hydroxylation is 1. The lowest BCUT2D eigenvalue weighted by atomic mass is 10.1. The standard InChI is InChI=1S/C19H27N3O3/c1-15-5-2-3-6-16(15)13-18(23)21-8-10-22(11-9-21)19(24)20-14-17-7-4-12-25-17/h2-3,5-6,17H,4,7-14H2,1H3,(H,20,24)/t17-/m1/s1. The number of nitrogens with zero attached hydrogens (tertiary/aromatic N) is 2. The lowest BCUT2D eigenvalue weighted by Gasteiger charge is -2.35. The molecular formula is C19H27N3O3. The summed E-state index contributed by atoms with van der Waals surface area (Å²) in [5.41, 5.74) is 2.22. The van der Waals surface area contributed by atoms with Crippen molar-refractivity contribution in [3.05, 3.63) is 35.4 Å². The van der Waals surface area contributed by atoms with Gasteiger partial charge in [-0.15, -0.1) is 0 Å². The van der Waals surface area contributed by atoms with E-state index in [1.54, 1.807) is 4.90 Å². The van der Waals surface area contributed by atoms with Gasteiger partial charge in [0.05, 0.1) is 12.5 Å². The average Bonchev–Trinajstić information content (AvgIpc) is 3.15. The molecule has 0 bridgehead atoms. The number of nitrogens with one attached hydrogen (secondary N) is 1. The Morgan fingerprint density at radius 1 is 1.16 bits per heavy atom. The normalized spacial score (nSPS) is 20.6. The number of rotatable bonds is 4. The smallest absolute Gasteiger partial charge is 0.317 e. The molecule has 0 aliphatic carbocycles. The number of ether oxygens (including phenoxy) is 1. The summed E-state index contributed by atoms with van der Waals surface area (Å²) >= 11 is 0. The summed E-state index contributed by atoms with van der Waals surface area (Å²) in [7, 11) is 0. The topological polar surface area (TPSA) is 61.9 Å². The fourth-order valence-electron chi connectivity index (χ4n) is 3.36. The molecule has 0 radical (unpaired) electrons. The highest BCUT2D eigenvalue weighted by molar-refractivity contribution is 5.80. The largest absolute Gasteiger partial charge is 0.376 e. The zero-order valence-corrected chi connectivity index (χ0v) is 14.9. The van der Waals surface area contributed by atoms with Crippen LogP contribution in [-0.4, -0.2) is 67.2 Å². The first-order chi connectivity index (χ1) is 12.1. The molecule has 3 amide bonds. The minimum absolute atomic E-state index is 0.0542. The van der Waals surface area contributed by atoms with E-state index < -0.39 is 0 Å². The number of carbonyl (C=O) groups is 2. The average molecular weight is 345 g/mol. The Labute approximate surface area is 149 Å². The van der Waals surface area contributed by atoms with Crippen LogP contribution in [0.1, 0.15) is 24.0 Å². The van der Waals surface area contributed by atoms with Crippen LogP contribution in [0.25, 0.3) is 0 Å². The first-order valence-electron chi connectivity index (χ1n) is 9.10. The van der Waals surface area contributed by atoms with Gasteiger partial charge < -0.3 is 19.9 Å². The van der Waals surface area contributed by atoms with E-state index in [-0.39, 0.29) is 18.0 Å². The third-order valence-electron chi connectivity index (χ3n) is 5.03. The van der Waals surface area contributed by atoms with Gasteiger partial charge in [0.2, 0.25) is 5.91 Å². The van der Waals surface area contributed by atoms with Crippen molar-refractivity contribution in [2.45, 2.75) is 32.3 Å². The summed E-state index contributed by atoms with van der Waals surface area (Å²) in [6, 6.07) is 7.92. The third kappa shape index (κ3) is 4.72. The number of piperazine rings is 1. The summed E-state index contributed by atoms with van der Waals surface area (Å²) in [5.74, 6) is 0.133. The molecule has 2 saturated heterocycles. The van der Waals surface area contributed by atoms with Gasteiger partial charge in [-0.05, 0) is 30.9 Å². The summed E-state index contributed by atoms with van der Waals surface area (Å²) in [5, 5.41) is 2.94. The number of hydrogen-bond donors (Lipinski definition) is 1. The van der Waals surface area contributed by atoms with Gasteiger partial charge in [0.25, 0.3) is 0 Å². The number of urea groups is 1. The molecule has 2 fully saturated rings. The Kier molecular flexibility index (Phi) is 5.91. The number of benzene rings is 1. The van der Waals surface area contributed by atoms with E-state index in [1.165, 1.54) is 0 Å². The Hall–Kier alpha value is -2.08. The fraction of sp³-hybridized carbons (Fsp3) is 0.579. The van der Waals surface area contributed by atoms with Crippen LogP contribution in [0.4, 0.5) is 4.79 Å². The molecule has 6 nitrogen and oxygen atoms in total. The van der Waals surface area contributed by atoms with E-state index in [2.05, 4.69) is 5.32 Å². The van der Waals surface area contributed by atoms with Crippen LogP contribution < -0.4 is 5.32 Å². The zero-order chi connectivity index (χ0) is 17.6. The van der Waals surface area contributed by atoms with Gasteiger partial charge >= 0.3 is 6.03 Å². The van der Waals surface area contributed by atoms with Gasteiger partial charge in [0.1, 0.15) is 0 Å². The Balaban J connectivity index is 1.42. The molecule has 2 aliphatic rings.